The van der Waals surface area contributed by atoms with Gasteiger partial charge in [-0.15, -0.1) is 11.3 Å². The van der Waals surface area contributed by atoms with E-state index in [1.807, 2.05) is 12.1 Å². The number of aromatic nitrogens is 2. The lowest BCUT2D eigenvalue weighted by Crippen LogP contribution is -2.31. The maximum Gasteiger partial charge on any atom is 0.203 e. The van der Waals surface area contributed by atoms with Gasteiger partial charge in [0.05, 0.1) is 26.2 Å². The van der Waals surface area contributed by atoms with Crippen LogP contribution in [-0.4, -0.2) is 31.5 Å². The first-order chi connectivity index (χ1) is 15.7. The molecule has 5 rings (SSSR count). The summed E-state index contributed by atoms with van der Waals surface area (Å²) in [6.45, 7) is 0. The zero-order chi connectivity index (χ0) is 22.1. The molecule has 2 aromatic carbocycles. The van der Waals surface area contributed by atoms with Crippen LogP contribution in [0.25, 0.3) is 16.6 Å². The Morgan fingerprint density at radius 2 is 1.72 bits per heavy atom. The van der Waals surface area contributed by atoms with Gasteiger partial charge < -0.3 is 14.2 Å². The van der Waals surface area contributed by atoms with Crippen molar-refractivity contribution in [2.75, 3.05) is 21.3 Å². The largest absolute Gasteiger partial charge is 0.493 e. The van der Waals surface area contributed by atoms with Crippen molar-refractivity contribution in [3.63, 3.8) is 0 Å². The van der Waals surface area contributed by atoms with Crippen molar-refractivity contribution in [1.29, 1.82) is 0 Å². The number of aromatic amines is 1. The highest BCUT2D eigenvalue weighted by Crippen LogP contribution is 2.50. The number of methoxy groups -OCH3 is 3. The monoisotopic (exact) mass is 444 g/mol. The van der Waals surface area contributed by atoms with Crippen molar-refractivity contribution in [1.82, 2.24) is 10.2 Å². The third kappa shape index (κ3) is 3.10. The summed E-state index contributed by atoms with van der Waals surface area (Å²) in [6.07, 6.45) is 5.16. The maximum absolute atomic E-state index is 5.90. The van der Waals surface area contributed by atoms with Crippen LogP contribution >= 0.6 is 11.3 Å². The topological polar surface area (TPSA) is 56.4 Å². The first kappa shape index (κ1) is 20.4. The van der Waals surface area contributed by atoms with Gasteiger partial charge in [0.25, 0.3) is 0 Å². The predicted molar refractivity (Wildman–Crippen MR) is 128 cm³/mol. The summed E-state index contributed by atoms with van der Waals surface area (Å²) >= 11 is 1.69. The van der Waals surface area contributed by atoms with Crippen LogP contribution in [0.2, 0.25) is 0 Å². The lowest BCUT2D eigenvalue weighted by Gasteiger charge is -2.36. The summed E-state index contributed by atoms with van der Waals surface area (Å²) in [4.78, 5) is 1.16. The molecule has 1 aliphatic rings. The molecule has 0 aliphatic heterocycles. The predicted octanol–water partition coefficient (Wildman–Crippen LogP) is 5.72. The van der Waals surface area contributed by atoms with E-state index in [9.17, 15) is 0 Å². The SMILES string of the molecule is COc1ccc(C2(c3ccccc3)C=Cc3c(-c4cccs4)n[nH]c3C2)c(OC)c1OC. The molecule has 1 unspecified atom stereocenters. The second-order valence-corrected chi connectivity index (χ2v) is 8.62. The highest BCUT2D eigenvalue weighted by Gasteiger charge is 2.40. The molecule has 0 saturated heterocycles. The number of hydrogen-bond donors (Lipinski definition) is 1. The van der Waals surface area contributed by atoms with Crippen molar-refractivity contribution in [3.05, 3.63) is 88.4 Å². The number of rotatable bonds is 6. The Kier molecular flexibility index (Phi) is 5.23. The van der Waals surface area contributed by atoms with Gasteiger partial charge in [-0.25, -0.2) is 0 Å². The molecule has 2 heterocycles. The van der Waals surface area contributed by atoms with Gasteiger partial charge in [-0.1, -0.05) is 54.6 Å². The second-order valence-electron chi connectivity index (χ2n) is 7.67. The zero-order valence-electron chi connectivity index (χ0n) is 18.2. The minimum Gasteiger partial charge on any atom is -0.493 e. The number of nitrogens with zero attached hydrogens (tertiary/aromatic N) is 1. The van der Waals surface area contributed by atoms with Crippen LogP contribution in [0, 0.1) is 0 Å². The lowest BCUT2D eigenvalue weighted by molar-refractivity contribution is 0.319. The molecule has 1 N–H and O–H groups in total. The van der Waals surface area contributed by atoms with E-state index in [4.69, 9.17) is 14.2 Å². The van der Waals surface area contributed by atoms with Gasteiger partial charge in [0.1, 0.15) is 5.69 Å². The maximum atomic E-state index is 5.90. The van der Waals surface area contributed by atoms with Crippen molar-refractivity contribution in [2.24, 2.45) is 0 Å². The Labute approximate surface area is 191 Å². The number of fused-ring (bicyclic) bond motifs is 1. The number of hydrogen-bond acceptors (Lipinski definition) is 5. The van der Waals surface area contributed by atoms with Gasteiger partial charge in [-0.05, 0) is 23.1 Å². The van der Waals surface area contributed by atoms with Crippen LogP contribution < -0.4 is 14.2 Å². The molecule has 4 aromatic rings. The first-order valence-electron chi connectivity index (χ1n) is 10.4. The Bertz CT molecular complexity index is 1260. The van der Waals surface area contributed by atoms with Crippen molar-refractivity contribution < 1.29 is 14.2 Å². The number of thiophene rings is 1. The van der Waals surface area contributed by atoms with E-state index < -0.39 is 5.41 Å². The molecule has 32 heavy (non-hydrogen) atoms. The van der Waals surface area contributed by atoms with Crippen LogP contribution in [0.5, 0.6) is 17.2 Å². The third-order valence-electron chi connectivity index (χ3n) is 6.10. The smallest absolute Gasteiger partial charge is 0.203 e. The second kappa shape index (κ2) is 8.20. The fourth-order valence-corrected chi connectivity index (χ4v) is 5.32. The quantitative estimate of drug-likeness (QED) is 0.413. The standard InChI is InChI=1S/C26H24N2O3S/c1-29-21-12-11-19(24(30-2)25(21)31-3)26(17-8-5-4-6-9-17)14-13-18-20(16-26)27-28-23(18)22-10-7-15-32-22/h4-15H,16H2,1-3H3,(H,27,28). The average Bonchev–Trinajstić information content (AvgIpc) is 3.52. The van der Waals surface area contributed by atoms with Gasteiger partial charge in [-0.3, -0.25) is 5.10 Å². The summed E-state index contributed by atoms with van der Waals surface area (Å²) in [7, 11) is 4.94. The lowest BCUT2D eigenvalue weighted by atomic mass is 9.68. The van der Waals surface area contributed by atoms with E-state index in [1.165, 1.54) is 5.56 Å². The van der Waals surface area contributed by atoms with Crippen LogP contribution in [0.1, 0.15) is 22.4 Å². The molecule has 0 bridgehead atoms. The third-order valence-corrected chi connectivity index (χ3v) is 6.98. The molecule has 0 spiro atoms. The van der Waals surface area contributed by atoms with Gasteiger partial charge in [0.15, 0.2) is 11.5 Å². The Balaban J connectivity index is 1.73. The zero-order valence-corrected chi connectivity index (χ0v) is 19.0. The number of benzene rings is 2. The Morgan fingerprint density at radius 3 is 2.41 bits per heavy atom. The average molecular weight is 445 g/mol. The molecule has 1 atom stereocenters. The van der Waals surface area contributed by atoms with E-state index in [-0.39, 0.29) is 0 Å². The number of H-pyrrole nitrogens is 1. The molecular formula is C26H24N2O3S. The first-order valence-corrected chi connectivity index (χ1v) is 11.2. The van der Waals surface area contributed by atoms with E-state index in [0.717, 1.165) is 27.4 Å². The molecule has 0 radical (unpaired) electrons. The van der Waals surface area contributed by atoms with Crippen molar-refractivity contribution in [3.8, 4) is 27.8 Å². The number of ether oxygens (including phenoxy) is 3. The summed E-state index contributed by atoms with van der Waals surface area (Å²) in [5, 5.41) is 10.0. The molecule has 0 saturated carbocycles. The van der Waals surface area contributed by atoms with Gasteiger partial charge >= 0.3 is 0 Å². The molecule has 6 heteroatoms. The fourth-order valence-electron chi connectivity index (χ4n) is 4.59. The summed E-state index contributed by atoms with van der Waals surface area (Å²) in [6, 6.07) is 18.6. The summed E-state index contributed by atoms with van der Waals surface area (Å²) in [5.74, 6) is 1.89. The van der Waals surface area contributed by atoms with E-state index >= 15 is 0 Å². The Morgan fingerprint density at radius 1 is 0.906 bits per heavy atom. The minimum atomic E-state index is -0.460. The molecule has 0 amide bonds. The van der Waals surface area contributed by atoms with E-state index in [1.54, 1.807) is 32.7 Å². The highest BCUT2D eigenvalue weighted by molar-refractivity contribution is 7.13. The highest BCUT2D eigenvalue weighted by atomic mass is 32.1. The van der Waals surface area contributed by atoms with E-state index in [2.05, 4.69) is 70.2 Å². The molecule has 162 valence electrons. The minimum absolute atomic E-state index is 0.460. The molecular weight excluding hydrogens is 420 g/mol. The van der Waals surface area contributed by atoms with E-state index in [0.29, 0.717) is 23.7 Å². The molecule has 5 nitrogen and oxygen atoms in total. The number of nitrogens with one attached hydrogen (secondary N) is 1. The molecule has 2 aromatic heterocycles. The van der Waals surface area contributed by atoms with Gasteiger partial charge in [0.2, 0.25) is 5.75 Å². The van der Waals surface area contributed by atoms with Gasteiger partial charge in [-0.2, -0.15) is 5.10 Å². The van der Waals surface area contributed by atoms with Crippen LogP contribution in [0.3, 0.4) is 0 Å². The number of allylic oxidation sites excluding steroid dienone is 1. The van der Waals surface area contributed by atoms with Crippen LogP contribution in [0.15, 0.2) is 66.1 Å². The summed E-state index contributed by atoms with van der Waals surface area (Å²) < 4.78 is 17.1. The normalized spacial score (nSPS) is 17.1. The van der Waals surface area contributed by atoms with Crippen LogP contribution in [0.4, 0.5) is 0 Å². The van der Waals surface area contributed by atoms with Crippen molar-refractivity contribution in [2.45, 2.75) is 11.8 Å². The molecule has 1 aliphatic carbocycles. The van der Waals surface area contributed by atoms with Crippen LogP contribution in [-0.2, 0) is 11.8 Å². The van der Waals surface area contributed by atoms with Gasteiger partial charge in [0, 0.05) is 28.7 Å². The molecule has 0 fully saturated rings. The summed E-state index contributed by atoms with van der Waals surface area (Å²) in [5.41, 5.74) is 4.94. The van der Waals surface area contributed by atoms with Crippen molar-refractivity contribution >= 4 is 17.4 Å². The fraction of sp³-hybridized carbons (Fsp3) is 0.192. The Hall–Kier alpha value is -3.51.